The molecule has 0 bridgehead atoms. The fraction of sp³-hybridized carbons (Fsp3) is 0.150. The summed E-state index contributed by atoms with van der Waals surface area (Å²) in [7, 11) is -2.57. The van der Waals surface area contributed by atoms with Crippen LogP contribution < -0.4 is 15.6 Å². The Morgan fingerprint density at radius 2 is 1.80 bits per heavy atom. The molecule has 1 aromatic heterocycles. The first-order valence-corrected chi connectivity index (χ1v) is 11.2. The highest BCUT2D eigenvalue weighted by Crippen LogP contribution is 2.21. The standard InChI is InChI=1S/C20H19N3O5S2/c1-13-3-5-14(6-4-13)22-18(24)12-29-20-21-11-17(19(25)23-20)30(26,27)16-9-7-15(28-2)8-10-16/h3-11H,12H2,1-2H3,(H,22,24)(H,21,23,25). The number of carbonyl (C=O) groups is 1. The van der Waals surface area contributed by atoms with Crippen LogP contribution in [0.3, 0.4) is 0 Å². The van der Waals surface area contributed by atoms with E-state index in [0.29, 0.717) is 11.4 Å². The number of H-pyrrole nitrogens is 1. The zero-order chi connectivity index (χ0) is 21.7. The number of methoxy groups -OCH3 is 1. The number of amides is 1. The van der Waals surface area contributed by atoms with Gasteiger partial charge in [-0.3, -0.25) is 9.59 Å². The molecule has 0 aliphatic heterocycles. The predicted molar refractivity (Wildman–Crippen MR) is 114 cm³/mol. The summed E-state index contributed by atoms with van der Waals surface area (Å²) in [6.07, 6.45) is 0.999. The fourth-order valence-electron chi connectivity index (χ4n) is 2.48. The van der Waals surface area contributed by atoms with Crippen LogP contribution in [0.25, 0.3) is 0 Å². The molecule has 3 aromatic rings. The van der Waals surface area contributed by atoms with Gasteiger partial charge in [-0.25, -0.2) is 13.4 Å². The van der Waals surface area contributed by atoms with Crippen molar-refractivity contribution in [2.24, 2.45) is 0 Å². The lowest BCUT2D eigenvalue weighted by atomic mass is 10.2. The van der Waals surface area contributed by atoms with Gasteiger partial charge in [0.15, 0.2) is 10.1 Å². The van der Waals surface area contributed by atoms with Gasteiger partial charge in [-0.2, -0.15) is 0 Å². The topological polar surface area (TPSA) is 118 Å². The van der Waals surface area contributed by atoms with Crippen LogP contribution in [0, 0.1) is 6.92 Å². The summed E-state index contributed by atoms with van der Waals surface area (Å²) in [5, 5.41) is 2.88. The molecule has 0 fully saturated rings. The molecule has 10 heteroatoms. The van der Waals surface area contributed by atoms with Gasteiger partial charge in [-0.05, 0) is 43.3 Å². The van der Waals surface area contributed by atoms with Gasteiger partial charge < -0.3 is 15.0 Å². The smallest absolute Gasteiger partial charge is 0.270 e. The van der Waals surface area contributed by atoms with Crippen LogP contribution in [0.1, 0.15) is 5.56 Å². The third kappa shape index (κ3) is 5.08. The number of thioether (sulfide) groups is 1. The second-order valence-corrected chi connectivity index (χ2v) is 9.15. The molecule has 0 radical (unpaired) electrons. The van der Waals surface area contributed by atoms with Crippen molar-refractivity contribution in [2.75, 3.05) is 18.2 Å². The average Bonchev–Trinajstić information content (AvgIpc) is 2.74. The van der Waals surface area contributed by atoms with Crippen molar-refractivity contribution in [1.82, 2.24) is 9.97 Å². The van der Waals surface area contributed by atoms with Crippen LogP contribution in [-0.2, 0) is 14.6 Å². The number of ether oxygens (including phenoxy) is 1. The lowest BCUT2D eigenvalue weighted by Gasteiger charge is -2.07. The molecule has 2 aromatic carbocycles. The lowest BCUT2D eigenvalue weighted by Crippen LogP contribution is -2.20. The third-order valence-corrected chi connectivity index (χ3v) is 6.73. The highest BCUT2D eigenvalue weighted by atomic mass is 32.2. The molecule has 0 unspecified atom stereocenters. The molecule has 1 heterocycles. The molecule has 3 rings (SSSR count). The molecule has 0 saturated carbocycles. The molecule has 0 aliphatic rings. The van der Waals surface area contributed by atoms with Gasteiger partial charge in [-0.15, -0.1) is 0 Å². The molecule has 0 atom stereocenters. The summed E-state index contributed by atoms with van der Waals surface area (Å²) in [5.41, 5.74) is 0.935. The van der Waals surface area contributed by atoms with E-state index in [2.05, 4.69) is 15.3 Å². The number of sulfone groups is 1. The van der Waals surface area contributed by atoms with E-state index in [0.717, 1.165) is 23.5 Å². The van der Waals surface area contributed by atoms with Gasteiger partial charge in [0.25, 0.3) is 5.56 Å². The van der Waals surface area contributed by atoms with E-state index in [1.165, 1.54) is 31.4 Å². The SMILES string of the molecule is COc1ccc(S(=O)(=O)c2cnc(SCC(=O)Nc3ccc(C)cc3)[nH]c2=O)cc1. The van der Waals surface area contributed by atoms with E-state index in [1.807, 2.05) is 19.1 Å². The van der Waals surface area contributed by atoms with Crippen molar-refractivity contribution in [2.45, 2.75) is 21.9 Å². The highest BCUT2D eigenvalue weighted by molar-refractivity contribution is 7.99. The minimum atomic E-state index is -4.04. The van der Waals surface area contributed by atoms with E-state index >= 15 is 0 Å². The van der Waals surface area contributed by atoms with Crippen LogP contribution >= 0.6 is 11.8 Å². The largest absolute Gasteiger partial charge is 0.497 e. The molecule has 0 aliphatic carbocycles. The minimum Gasteiger partial charge on any atom is -0.497 e. The zero-order valence-corrected chi connectivity index (χ0v) is 17.8. The second kappa shape index (κ2) is 9.14. The Bertz CT molecular complexity index is 1200. The Hall–Kier alpha value is -3.11. The van der Waals surface area contributed by atoms with E-state index in [-0.39, 0.29) is 21.7 Å². The van der Waals surface area contributed by atoms with Crippen molar-refractivity contribution in [1.29, 1.82) is 0 Å². The normalized spacial score (nSPS) is 11.1. The number of anilines is 1. The van der Waals surface area contributed by atoms with Crippen LogP contribution in [-0.4, -0.2) is 37.2 Å². The Balaban J connectivity index is 1.69. The molecular weight excluding hydrogens is 426 g/mol. The van der Waals surface area contributed by atoms with Crippen molar-refractivity contribution < 1.29 is 17.9 Å². The van der Waals surface area contributed by atoms with Gasteiger partial charge in [0.05, 0.1) is 24.0 Å². The maximum Gasteiger partial charge on any atom is 0.270 e. The number of aromatic amines is 1. The van der Waals surface area contributed by atoms with Crippen molar-refractivity contribution in [3.05, 3.63) is 70.6 Å². The summed E-state index contributed by atoms with van der Waals surface area (Å²) in [6.45, 7) is 1.95. The number of carbonyl (C=O) groups excluding carboxylic acids is 1. The summed E-state index contributed by atoms with van der Waals surface area (Å²) in [4.78, 5) is 30.3. The Kier molecular flexibility index (Phi) is 6.58. The lowest BCUT2D eigenvalue weighted by molar-refractivity contribution is -0.113. The fourth-order valence-corrected chi connectivity index (χ4v) is 4.35. The number of hydrogen-bond donors (Lipinski definition) is 2. The first-order chi connectivity index (χ1) is 14.3. The number of rotatable bonds is 7. The number of aryl methyl sites for hydroxylation is 1. The molecule has 156 valence electrons. The molecule has 0 spiro atoms. The van der Waals surface area contributed by atoms with E-state index in [4.69, 9.17) is 4.74 Å². The molecule has 30 heavy (non-hydrogen) atoms. The predicted octanol–water partition coefficient (Wildman–Crippen LogP) is 2.65. The van der Waals surface area contributed by atoms with Gasteiger partial charge in [0.2, 0.25) is 15.7 Å². The van der Waals surface area contributed by atoms with E-state index < -0.39 is 20.3 Å². The van der Waals surface area contributed by atoms with Crippen molar-refractivity contribution in [3.63, 3.8) is 0 Å². The maximum atomic E-state index is 12.7. The minimum absolute atomic E-state index is 0.00138. The van der Waals surface area contributed by atoms with Crippen molar-refractivity contribution >= 4 is 33.2 Å². The summed E-state index contributed by atoms with van der Waals surface area (Å²) in [5.74, 6) is 0.222. The van der Waals surface area contributed by atoms with E-state index in [1.54, 1.807) is 12.1 Å². The van der Waals surface area contributed by atoms with Gasteiger partial charge in [0, 0.05) is 5.69 Å². The second-order valence-electron chi connectivity index (χ2n) is 6.26. The van der Waals surface area contributed by atoms with Gasteiger partial charge in [0.1, 0.15) is 5.75 Å². The summed E-state index contributed by atoms with van der Waals surface area (Å²) >= 11 is 0.995. The first kappa shape index (κ1) is 21.6. The Morgan fingerprint density at radius 1 is 1.13 bits per heavy atom. The van der Waals surface area contributed by atoms with Crippen LogP contribution in [0.2, 0.25) is 0 Å². The van der Waals surface area contributed by atoms with Crippen LogP contribution in [0.4, 0.5) is 5.69 Å². The Labute approximate surface area is 177 Å². The van der Waals surface area contributed by atoms with Crippen LogP contribution in [0.5, 0.6) is 5.75 Å². The molecule has 0 saturated heterocycles. The maximum absolute atomic E-state index is 12.7. The summed E-state index contributed by atoms with van der Waals surface area (Å²) in [6, 6.07) is 13.0. The highest BCUT2D eigenvalue weighted by Gasteiger charge is 2.22. The first-order valence-electron chi connectivity index (χ1n) is 8.77. The molecule has 1 amide bonds. The molecule has 8 nitrogen and oxygen atoms in total. The van der Waals surface area contributed by atoms with Crippen LogP contribution in [0.15, 0.2) is 74.5 Å². The van der Waals surface area contributed by atoms with Crippen molar-refractivity contribution in [3.8, 4) is 5.75 Å². The number of benzene rings is 2. The number of hydrogen-bond acceptors (Lipinski definition) is 7. The third-order valence-electron chi connectivity index (χ3n) is 4.08. The monoisotopic (exact) mass is 445 g/mol. The van der Waals surface area contributed by atoms with Gasteiger partial charge >= 0.3 is 0 Å². The molecule has 2 N–H and O–H groups in total. The number of aromatic nitrogens is 2. The van der Waals surface area contributed by atoms with Gasteiger partial charge in [-0.1, -0.05) is 29.5 Å². The average molecular weight is 446 g/mol. The Morgan fingerprint density at radius 3 is 2.40 bits per heavy atom. The van der Waals surface area contributed by atoms with E-state index in [9.17, 15) is 18.0 Å². The number of nitrogens with one attached hydrogen (secondary N) is 2. The summed E-state index contributed by atoms with van der Waals surface area (Å²) < 4.78 is 30.4. The molecular formula is C20H19N3O5S2. The number of nitrogens with zero attached hydrogens (tertiary/aromatic N) is 1. The zero-order valence-electron chi connectivity index (χ0n) is 16.2. The quantitative estimate of drug-likeness (QED) is 0.424.